The molecule has 0 unspecified atom stereocenters. The molecule has 0 N–H and O–H groups in total. The van der Waals surface area contributed by atoms with Gasteiger partial charge in [-0.05, 0) is 12.5 Å². The van der Waals surface area contributed by atoms with E-state index in [9.17, 15) is 4.79 Å². The van der Waals surface area contributed by atoms with Gasteiger partial charge in [-0.15, -0.1) is 0 Å². The smallest absolute Gasteiger partial charge is 0.331 e. The van der Waals surface area contributed by atoms with Crippen LogP contribution >= 0.6 is 0 Å². The molecule has 2 nitrogen and oxygen atoms in total. The van der Waals surface area contributed by atoms with Crippen LogP contribution in [0.1, 0.15) is 13.3 Å². The fraction of sp³-hybridized carbons (Fsp3) is 0.375. The van der Waals surface area contributed by atoms with E-state index in [1.807, 2.05) is 19.1 Å². The number of carbonyl (C=O) groups is 1. The largest absolute Gasteiger partial charge is 0.462 e. The SMILES string of the molecule is C/C=C/C1=CC(=O)OCC1. The van der Waals surface area contributed by atoms with Gasteiger partial charge in [-0.25, -0.2) is 4.79 Å². The van der Waals surface area contributed by atoms with Gasteiger partial charge in [0.1, 0.15) is 0 Å². The fourth-order valence-corrected chi connectivity index (χ4v) is 0.880. The van der Waals surface area contributed by atoms with Crippen molar-refractivity contribution in [2.45, 2.75) is 13.3 Å². The van der Waals surface area contributed by atoms with Crippen LogP contribution in [-0.4, -0.2) is 12.6 Å². The van der Waals surface area contributed by atoms with E-state index >= 15 is 0 Å². The molecule has 54 valence electrons. The molecule has 1 rings (SSSR count). The quantitative estimate of drug-likeness (QED) is 0.512. The van der Waals surface area contributed by atoms with Crippen molar-refractivity contribution < 1.29 is 9.53 Å². The Labute approximate surface area is 60.2 Å². The summed E-state index contributed by atoms with van der Waals surface area (Å²) in [5.41, 5.74) is 1.05. The van der Waals surface area contributed by atoms with Crippen LogP contribution in [0.3, 0.4) is 0 Å². The van der Waals surface area contributed by atoms with E-state index in [1.165, 1.54) is 6.08 Å². The molecular weight excluding hydrogens is 128 g/mol. The Kier molecular flexibility index (Phi) is 2.26. The van der Waals surface area contributed by atoms with Crippen molar-refractivity contribution >= 4 is 5.97 Å². The highest BCUT2D eigenvalue weighted by atomic mass is 16.5. The van der Waals surface area contributed by atoms with E-state index in [-0.39, 0.29) is 5.97 Å². The summed E-state index contributed by atoms with van der Waals surface area (Å²) in [6, 6.07) is 0. The Morgan fingerprint density at radius 3 is 3.10 bits per heavy atom. The van der Waals surface area contributed by atoms with Crippen molar-refractivity contribution in [1.82, 2.24) is 0 Å². The van der Waals surface area contributed by atoms with E-state index in [1.54, 1.807) is 0 Å². The second kappa shape index (κ2) is 3.20. The molecule has 1 aliphatic rings. The molecule has 0 aromatic rings. The molecule has 0 aliphatic carbocycles. The zero-order valence-electron chi connectivity index (χ0n) is 5.96. The van der Waals surface area contributed by atoms with Gasteiger partial charge in [-0.2, -0.15) is 0 Å². The van der Waals surface area contributed by atoms with Gasteiger partial charge in [-0.3, -0.25) is 0 Å². The van der Waals surface area contributed by atoms with Gasteiger partial charge in [-0.1, -0.05) is 12.2 Å². The molecule has 2 heteroatoms. The van der Waals surface area contributed by atoms with E-state index in [2.05, 4.69) is 0 Å². The summed E-state index contributed by atoms with van der Waals surface area (Å²) in [6.07, 6.45) is 6.23. The molecule has 0 radical (unpaired) electrons. The highest BCUT2D eigenvalue weighted by molar-refractivity contribution is 5.84. The first-order chi connectivity index (χ1) is 4.83. The zero-order chi connectivity index (χ0) is 7.40. The van der Waals surface area contributed by atoms with E-state index in [0.29, 0.717) is 6.61 Å². The molecule has 0 saturated carbocycles. The van der Waals surface area contributed by atoms with Crippen molar-refractivity contribution in [2.75, 3.05) is 6.61 Å². The van der Waals surface area contributed by atoms with Gasteiger partial charge in [0.15, 0.2) is 0 Å². The second-order valence-electron chi connectivity index (χ2n) is 2.14. The molecule has 0 amide bonds. The van der Waals surface area contributed by atoms with Gasteiger partial charge < -0.3 is 4.74 Å². The first-order valence-electron chi connectivity index (χ1n) is 3.33. The number of hydrogen-bond donors (Lipinski definition) is 0. The minimum Gasteiger partial charge on any atom is -0.462 e. The van der Waals surface area contributed by atoms with E-state index < -0.39 is 0 Å². The zero-order valence-corrected chi connectivity index (χ0v) is 5.96. The molecule has 1 heterocycles. The number of carbonyl (C=O) groups excluding carboxylic acids is 1. The normalized spacial score (nSPS) is 18.9. The summed E-state index contributed by atoms with van der Waals surface area (Å²) < 4.78 is 4.71. The topological polar surface area (TPSA) is 26.3 Å². The lowest BCUT2D eigenvalue weighted by molar-refractivity contribution is -0.138. The molecule has 0 aromatic carbocycles. The molecule has 0 atom stereocenters. The van der Waals surface area contributed by atoms with Crippen LogP contribution in [0.5, 0.6) is 0 Å². The van der Waals surface area contributed by atoms with Crippen LogP contribution in [0.25, 0.3) is 0 Å². The van der Waals surface area contributed by atoms with Crippen LogP contribution in [-0.2, 0) is 9.53 Å². The highest BCUT2D eigenvalue weighted by Gasteiger charge is 2.06. The molecule has 0 spiro atoms. The Morgan fingerprint density at radius 2 is 2.50 bits per heavy atom. The number of rotatable bonds is 1. The van der Waals surface area contributed by atoms with Crippen molar-refractivity contribution in [3.8, 4) is 0 Å². The molecule has 1 aliphatic heterocycles. The van der Waals surface area contributed by atoms with Crippen molar-refractivity contribution in [2.24, 2.45) is 0 Å². The molecular formula is C8H10O2. The molecule has 0 fully saturated rings. The first-order valence-corrected chi connectivity index (χ1v) is 3.33. The lowest BCUT2D eigenvalue weighted by atomic mass is 10.1. The minimum absolute atomic E-state index is 0.223. The standard InChI is InChI=1S/C8H10O2/c1-2-3-7-4-5-10-8(9)6-7/h2-3,6H,4-5H2,1H3/b3-2+. The van der Waals surface area contributed by atoms with Crippen molar-refractivity contribution in [1.29, 1.82) is 0 Å². The maximum Gasteiger partial charge on any atom is 0.331 e. The second-order valence-corrected chi connectivity index (χ2v) is 2.14. The third-order valence-electron chi connectivity index (χ3n) is 1.32. The lowest BCUT2D eigenvalue weighted by Crippen LogP contribution is -2.09. The average Bonchev–Trinajstić information content (AvgIpc) is 1.88. The number of esters is 1. The molecule has 10 heavy (non-hydrogen) atoms. The Balaban J connectivity index is 2.66. The van der Waals surface area contributed by atoms with Crippen LogP contribution in [0, 0.1) is 0 Å². The molecule has 0 aromatic heterocycles. The minimum atomic E-state index is -0.223. The summed E-state index contributed by atoms with van der Waals surface area (Å²) in [4.78, 5) is 10.6. The number of cyclic esters (lactones) is 1. The summed E-state index contributed by atoms with van der Waals surface area (Å²) in [5.74, 6) is -0.223. The van der Waals surface area contributed by atoms with E-state index in [4.69, 9.17) is 4.74 Å². The van der Waals surface area contributed by atoms with Gasteiger partial charge in [0, 0.05) is 12.5 Å². The fourth-order valence-electron chi connectivity index (χ4n) is 0.880. The van der Waals surface area contributed by atoms with Crippen LogP contribution in [0.4, 0.5) is 0 Å². The maximum absolute atomic E-state index is 10.6. The maximum atomic E-state index is 10.6. The number of hydrogen-bond acceptors (Lipinski definition) is 2. The van der Waals surface area contributed by atoms with Gasteiger partial charge in [0.05, 0.1) is 6.61 Å². The summed E-state index contributed by atoms with van der Waals surface area (Å²) in [7, 11) is 0. The van der Waals surface area contributed by atoms with Crippen molar-refractivity contribution in [3.63, 3.8) is 0 Å². The first kappa shape index (κ1) is 7.06. The Morgan fingerprint density at radius 1 is 1.70 bits per heavy atom. The van der Waals surface area contributed by atoms with Gasteiger partial charge in [0.2, 0.25) is 0 Å². The van der Waals surface area contributed by atoms with Crippen LogP contribution < -0.4 is 0 Å². The highest BCUT2D eigenvalue weighted by Crippen LogP contribution is 2.09. The predicted octanol–water partition coefficient (Wildman–Crippen LogP) is 1.44. The summed E-state index contributed by atoms with van der Waals surface area (Å²) >= 11 is 0. The van der Waals surface area contributed by atoms with Gasteiger partial charge in [0.25, 0.3) is 0 Å². The number of allylic oxidation sites excluding steroid dienone is 2. The van der Waals surface area contributed by atoms with Crippen LogP contribution in [0.2, 0.25) is 0 Å². The summed E-state index contributed by atoms with van der Waals surface area (Å²) in [5, 5.41) is 0. The monoisotopic (exact) mass is 138 g/mol. The third-order valence-corrected chi connectivity index (χ3v) is 1.32. The third kappa shape index (κ3) is 1.72. The van der Waals surface area contributed by atoms with E-state index in [0.717, 1.165) is 12.0 Å². The van der Waals surface area contributed by atoms with Gasteiger partial charge >= 0.3 is 5.97 Å². The molecule has 0 bridgehead atoms. The summed E-state index contributed by atoms with van der Waals surface area (Å²) in [6.45, 7) is 2.45. The molecule has 0 saturated heterocycles. The van der Waals surface area contributed by atoms with Crippen molar-refractivity contribution in [3.05, 3.63) is 23.8 Å². The van der Waals surface area contributed by atoms with Crippen LogP contribution in [0.15, 0.2) is 23.8 Å². The lowest BCUT2D eigenvalue weighted by Gasteiger charge is -2.08. The Hall–Kier alpha value is -1.05. The Bertz CT molecular complexity index is 189. The number of ether oxygens (including phenoxy) is 1. The predicted molar refractivity (Wildman–Crippen MR) is 38.5 cm³/mol. The average molecular weight is 138 g/mol.